The van der Waals surface area contributed by atoms with Crippen LogP contribution in [0.25, 0.3) is 0 Å². The Labute approximate surface area is 147 Å². The van der Waals surface area contributed by atoms with Gasteiger partial charge >= 0.3 is 5.97 Å². The van der Waals surface area contributed by atoms with Crippen molar-refractivity contribution in [2.45, 2.75) is 33.7 Å². The standard InChI is InChI=1S/C16H17N3O5S/c1-7-5-8(2)12(19(23)24)6-11(7)14(20)17-10(4)15-18-9(3)13(25-15)16(21)22/h5-6,10H,1-4H3,(H,17,20)(H,21,22). The van der Waals surface area contributed by atoms with E-state index in [0.29, 0.717) is 21.8 Å². The quantitative estimate of drug-likeness (QED) is 0.621. The van der Waals surface area contributed by atoms with Crippen LogP contribution in [0.15, 0.2) is 12.1 Å². The molecule has 1 aromatic carbocycles. The molecule has 8 nitrogen and oxygen atoms in total. The van der Waals surface area contributed by atoms with Gasteiger partial charge in [0.1, 0.15) is 9.88 Å². The molecule has 2 rings (SSSR count). The zero-order chi connectivity index (χ0) is 18.9. The lowest BCUT2D eigenvalue weighted by atomic mass is 10.0. The number of benzene rings is 1. The highest BCUT2D eigenvalue weighted by atomic mass is 32.1. The number of aryl methyl sites for hydroxylation is 3. The first kappa shape index (κ1) is 18.5. The van der Waals surface area contributed by atoms with Crippen LogP contribution < -0.4 is 5.32 Å². The van der Waals surface area contributed by atoms with Crippen molar-refractivity contribution in [3.05, 3.63) is 54.5 Å². The fourth-order valence-corrected chi connectivity index (χ4v) is 3.33. The molecule has 0 saturated carbocycles. The number of nitro benzene ring substituents is 1. The lowest BCUT2D eigenvalue weighted by molar-refractivity contribution is -0.385. The summed E-state index contributed by atoms with van der Waals surface area (Å²) in [5.41, 5.74) is 1.57. The SMILES string of the molecule is Cc1cc(C)c([N+](=O)[O-])cc1C(=O)NC(C)c1nc(C)c(C(=O)O)s1. The van der Waals surface area contributed by atoms with Gasteiger partial charge < -0.3 is 10.4 Å². The number of aromatic nitrogens is 1. The molecule has 132 valence electrons. The lowest BCUT2D eigenvalue weighted by Gasteiger charge is -2.13. The first-order chi connectivity index (χ1) is 11.6. The van der Waals surface area contributed by atoms with E-state index in [1.165, 1.54) is 6.07 Å². The van der Waals surface area contributed by atoms with E-state index in [2.05, 4.69) is 10.3 Å². The highest BCUT2D eigenvalue weighted by Gasteiger charge is 2.22. The van der Waals surface area contributed by atoms with Gasteiger partial charge in [0.05, 0.1) is 16.7 Å². The van der Waals surface area contributed by atoms with Crippen LogP contribution in [0.2, 0.25) is 0 Å². The second kappa shape index (κ2) is 6.98. The molecule has 0 aliphatic heterocycles. The molecule has 1 aromatic heterocycles. The summed E-state index contributed by atoms with van der Waals surface area (Å²) < 4.78 is 0. The van der Waals surface area contributed by atoms with Crippen molar-refractivity contribution in [2.75, 3.05) is 0 Å². The minimum atomic E-state index is -1.07. The van der Waals surface area contributed by atoms with Crippen LogP contribution in [-0.2, 0) is 0 Å². The van der Waals surface area contributed by atoms with Gasteiger partial charge in [-0.25, -0.2) is 9.78 Å². The molecule has 0 aliphatic rings. The van der Waals surface area contributed by atoms with Gasteiger partial charge in [-0.3, -0.25) is 14.9 Å². The predicted octanol–water partition coefficient (Wildman–Crippen LogP) is 3.17. The maximum Gasteiger partial charge on any atom is 0.347 e. The summed E-state index contributed by atoms with van der Waals surface area (Å²) in [5.74, 6) is -1.54. The van der Waals surface area contributed by atoms with Gasteiger partial charge in [-0.05, 0) is 39.3 Å². The summed E-state index contributed by atoms with van der Waals surface area (Å²) in [6.07, 6.45) is 0. The second-order valence-corrected chi connectivity index (χ2v) is 6.71. The Kier molecular flexibility index (Phi) is 5.17. The fraction of sp³-hybridized carbons (Fsp3) is 0.312. The van der Waals surface area contributed by atoms with Gasteiger partial charge in [-0.1, -0.05) is 0 Å². The molecule has 1 unspecified atom stereocenters. The molecule has 0 aliphatic carbocycles. The number of carboxylic acids is 1. The van der Waals surface area contributed by atoms with E-state index in [9.17, 15) is 19.7 Å². The van der Waals surface area contributed by atoms with E-state index in [1.807, 2.05) is 0 Å². The van der Waals surface area contributed by atoms with E-state index in [-0.39, 0.29) is 16.1 Å². The summed E-state index contributed by atoms with van der Waals surface area (Å²) >= 11 is 0.994. The van der Waals surface area contributed by atoms with Crippen LogP contribution in [0.4, 0.5) is 5.69 Å². The summed E-state index contributed by atoms with van der Waals surface area (Å²) in [6.45, 7) is 6.58. The maximum atomic E-state index is 12.5. The minimum Gasteiger partial charge on any atom is -0.477 e. The van der Waals surface area contributed by atoms with Crippen molar-refractivity contribution in [3.63, 3.8) is 0 Å². The zero-order valence-electron chi connectivity index (χ0n) is 14.1. The van der Waals surface area contributed by atoms with Gasteiger partial charge in [0.2, 0.25) is 0 Å². The van der Waals surface area contributed by atoms with Crippen molar-refractivity contribution in [3.8, 4) is 0 Å². The number of hydrogen-bond acceptors (Lipinski definition) is 6. The topological polar surface area (TPSA) is 122 Å². The molecule has 2 aromatic rings. The smallest absolute Gasteiger partial charge is 0.347 e. The maximum absolute atomic E-state index is 12.5. The molecule has 1 heterocycles. The second-order valence-electron chi connectivity index (χ2n) is 5.68. The number of thiazole rings is 1. The first-order valence-electron chi connectivity index (χ1n) is 7.39. The fourth-order valence-electron chi connectivity index (χ4n) is 2.42. The zero-order valence-corrected chi connectivity index (χ0v) is 14.9. The Morgan fingerprint density at radius 2 is 1.92 bits per heavy atom. The summed E-state index contributed by atoms with van der Waals surface area (Å²) in [4.78, 5) is 38.4. The van der Waals surface area contributed by atoms with E-state index >= 15 is 0 Å². The lowest BCUT2D eigenvalue weighted by Crippen LogP contribution is -2.27. The van der Waals surface area contributed by atoms with Crippen molar-refractivity contribution in [1.29, 1.82) is 0 Å². The van der Waals surface area contributed by atoms with Crippen LogP contribution in [0.5, 0.6) is 0 Å². The Bertz CT molecular complexity index is 875. The molecule has 0 fully saturated rings. The number of carbonyl (C=O) groups is 2. The number of amides is 1. The van der Waals surface area contributed by atoms with E-state index < -0.39 is 22.8 Å². The van der Waals surface area contributed by atoms with Gasteiger partial charge in [0.25, 0.3) is 11.6 Å². The van der Waals surface area contributed by atoms with Crippen LogP contribution >= 0.6 is 11.3 Å². The normalized spacial score (nSPS) is 11.8. The van der Waals surface area contributed by atoms with Gasteiger partial charge in [-0.15, -0.1) is 11.3 Å². The highest BCUT2D eigenvalue weighted by molar-refractivity contribution is 7.13. The number of carboxylic acid groups (broad SMARTS) is 1. The minimum absolute atomic E-state index is 0.123. The van der Waals surface area contributed by atoms with E-state index in [4.69, 9.17) is 5.11 Å². The summed E-state index contributed by atoms with van der Waals surface area (Å²) in [5, 5.41) is 23.3. The van der Waals surface area contributed by atoms with Crippen LogP contribution in [0, 0.1) is 30.9 Å². The van der Waals surface area contributed by atoms with Crippen LogP contribution in [-0.4, -0.2) is 26.9 Å². The summed E-state index contributed by atoms with van der Waals surface area (Å²) in [6, 6.07) is 2.32. The van der Waals surface area contributed by atoms with Crippen molar-refractivity contribution in [1.82, 2.24) is 10.3 Å². The van der Waals surface area contributed by atoms with Crippen molar-refractivity contribution >= 4 is 28.9 Å². The van der Waals surface area contributed by atoms with Gasteiger partial charge in [0, 0.05) is 17.2 Å². The van der Waals surface area contributed by atoms with Crippen molar-refractivity contribution in [2.24, 2.45) is 0 Å². The van der Waals surface area contributed by atoms with Crippen molar-refractivity contribution < 1.29 is 19.6 Å². The third-order valence-electron chi connectivity index (χ3n) is 3.71. The molecule has 0 bridgehead atoms. The average Bonchev–Trinajstić information content (AvgIpc) is 2.89. The predicted molar refractivity (Wildman–Crippen MR) is 92.3 cm³/mol. The molecule has 0 spiro atoms. The number of nitrogens with one attached hydrogen (secondary N) is 1. The molecule has 9 heteroatoms. The number of hydrogen-bond donors (Lipinski definition) is 2. The highest BCUT2D eigenvalue weighted by Crippen LogP contribution is 2.26. The molecule has 0 saturated heterocycles. The molecule has 25 heavy (non-hydrogen) atoms. The molecule has 0 radical (unpaired) electrons. The Balaban J connectivity index is 2.27. The molecule has 2 N–H and O–H groups in total. The first-order valence-corrected chi connectivity index (χ1v) is 8.20. The summed E-state index contributed by atoms with van der Waals surface area (Å²) in [7, 11) is 0. The number of carbonyl (C=O) groups excluding carboxylic acids is 1. The molecule has 1 atom stereocenters. The van der Waals surface area contributed by atoms with Gasteiger partial charge in [0.15, 0.2) is 0 Å². The largest absolute Gasteiger partial charge is 0.477 e. The van der Waals surface area contributed by atoms with E-state index in [1.54, 1.807) is 33.8 Å². The third-order valence-corrected chi connectivity index (χ3v) is 5.04. The van der Waals surface area contributed by atoms with Gasteiger partial charge in [-0.2, -0.15) is 0 Å². The molecular formula is C16H17N3O5S. The van der Waals surface area contributed by atoms with E-state index in [0.717, 1.165) is 11.3 Å². The monoisotopic (exact) mass is 363 g/mol. The Morgan fingerprint density at radius 3 is 2.44 bits per heavy atom. The number of nitrogens with zero attached hydrogens (tertiary/aromatic N) is 2. The van der Waals surface area contributed by atoms with Crippen LogP contribution in [0.1, 0.15) is 54.8 Å². The average molecular weight is 363 g/mol. The van der Waals surface area contributed by atoms with Crippen LogP contribution in [0.3, 0.4) is 0 Å². The third kappa shape index (κ3) is 3.82. The molecular weight excluding hydrogens is 346 g/mol. The molecule has 1 amide bonds. The number of nitro groups is 1. The number of rotatable bonds is 5. The Morgan fingerprint density at radius 1 is 1.28 bits per heavy atom. The Hall–Kier alpha value is -2.81. The number of aromatic carboxylic acids is 1.